The molecule has 0 saturated carbocycles. The van der Waals surface area contributed by atoms with Gasteiger partial charge in [0.25, 0.3) is 5.91 Å². The molecule has 0 bridgehead atoms. The molecule has 1 heterocycles. The maximum atomic E-state index is 13.5. The molecule has 4 heteroatoms. The van der Waals surface area contributed by atoms with Gasteiger partial charge in [-0.3, -0.25) is 9.78 Å². The van der Waals surface area contributed by atoms with E-state index in [2.05, 4.69) is 4.98 Å². The molecule has 0 saturated heterocycles. The lowest BCUT2D eigenvalue weighted by Gasteiger charge is -2.17. The van der Waals surface area contributed by atoms with Gasteiger partial charge in [0, 0.05) is 25.4 Å². The predicted octanol–water partition coefficient (Wildman–Crippen LogP) is 2.49. The third kappa shape index (κ3) is 2.71. The predicted molar refractivity (Wildman–Crippen MR) is 66.4 cm³/mol. The van der Waals surface area contributed by atoms with Gasteiger partial charge in [-0.2, -0.15) is 0 Å². The molecular weight excluding hydrogens is 231 g/mol. The smallest absolute Gasteiger partial charge is 0.272 e. The third-order valence-corrected chi connectivity index (χ3v) is 2.60. The van der Waals surface area contributed by atoms with Gasteiger partial charge < -0.3 is 4.90 Å². The maximum Gasteiger partial charge on any atom is 0.272 e. The highest BCUT2D eigenvalue weighted by Crippen LogP contribution is 2.10. The Bertz CT molecular complexity index is 543. The Kier molecular flexibility index (Phi) is 3.67. The number of rotatable bonds is 3. The number of carbonyl (C=O) groups is 1. The molecule has 92 valence electrons. The topological polar surface area (TPSA) is 33.2 Å². The van der Waals surface area contributed by atoms with Crippen molar-refractivity contribution in [2.24, 2.45) is 0 Å². The fourth-order valence-corrected chi connectivity index (χ4v) is 1.64. The van der Waals surface area contributed by atoms with Crippen LogP contribution in [0.4, 0.5) is 4.39 Å². The van der Waals surface area contributed by atoms with E-state index in [1.54, 1.807) is 49.6 Å². The van der Waals surface area contributed by atoms with Crippen LogP contribution in [0.2, 0.25) is 0 Å². The number of halogens is 1. The molecular formula is C14H13FN2O. The molecule has 0 N–H and O–H groups in total. The zero-order valence-electron chi connectivity index (χ0n) is 10.0. The lowest BCUT2D eigenvalue weighted by molar-refractivity contribution is 0.0778. The van der Waals surface area contributed by atoms with Crippen LogP contribution in [0.15, 0.2) is 48.7 Å². The van der Waals surface area contributed by atoms with Crippen LogP contribution in [0.5, 0.6) is 0 Å². The molecule has 0 fully saturated rings. The largest absolute Gasteiger partial charge is 0.336 e. The van der Waals surface area contributed by atoms with E-state index < -0.39 is 0 Å². The SMILES string of the molecule is CN(Cc1ccccc1F)C(=O)c1ccccn1. The van der Waals surface area contributed by atoms with Gasteiger partial charge in [-0.25, -0.2) is 4.39 Å². The summed E-state index contributed by atoms with van der Waals surface area (Å²) in [7, 11) is 1.63. The zero-order valence-corrected chi connectivity index (χ0v) is 10.0. The molecule has 0 aliphatic carbocycles. The molecule has 3 nitrogen and oxygen atoms in total. The summed E-state index contributed by atoms with van der Waals surface area (Å²) in [5.74, 6) is -0.531. The van der Waals surface area contributed by atoms with Crippen LogP contribution in [0.3, 0.4) is 0 Å². The maximum absolute atomic E-state index is 13.5. The Labute approximate surface area is 105 Å². The fourth-order valence-electron chi connectivity index (χ4n) is 1.64. The fraction of sp³-hybridized carbons (Fsp3) is 0.143. The van der Waals surface area contributed by atoms with Crippen molar-refractivity contribution in [3.8, 4) is 0 Å². The minimum atomic E-state index is -0.307. The highest BCUT2D eigenvalue weighted by Gasteiger charge is 2.14. The van der Waals surface area contributed by atoms with E-state index in [1.165, 1.54) is 11.0 Å². The zero-order chi connectivity index (χ0) is 13.0. The Morgan fingerprint density at radius 3 is 2.61 bits per heavy atom. The number of hydrogen-bond acceptors (Lipinski definition) is 2. The molecule has 18 heavy (non-hydrogen) atoms. The van der Waals surface area contributed by atoms with Gasteiger partial charge in [0.05, 0.1) is 0 Å². The van der Waals surface area contributed by atoms with Crippen molar-refractivity contribution in [2.45, 2.75) is 6.54 Å². The second-order valence-corrected chi connectivity index (χ2v) is 3.97. The second-order valence-electron chi connectivity index (χ2n) is 3.97. The van der Waals surface area contributed by atoms with E-state index in [0.717, 1.165) is 0 Å². The Hall–Kier alpha value is -2.23. The van der Waals surface area contributed by atoms with E-state index in [-0.39, 0.29) is 18.3 Å². The Balaban J connectivity index is 2.11. The van der Waals surface area contributed by atoms with Gasteiger partial charge >= 0.3 is 0 Å². The summed E-state index contributed by atoms with van der Waals surface area (Å²) < 4.78 is 13.5. The molecule has 1 amide bonds. The molecule has 1 aromatic carbocycles. The number of aromatic nitrogens is 1. The number of hydrogen-bond donors (Lipinski definition) is 0. The third-order valence-electron chi connectivity index (χ3n) is 2.60. The van der Waals surface area contributed by atoms with Crippen molar-refractivity contribution in [1.29, 1.82) is 0 Å². The Morgan fingerprint density at radius 1 is 1.22 bits per heavy atom. The first-order valence-electron chi connectivity index (χ1n) is 5.58. The molecule has 0 aliphatic heterocycles. The number of benzene rings is 1. The number of pyridine rings is 1. The van der Waals surface area contributed by atoms with Crippen molar-refractivity contribution in [3.63, 3.8) is 0 Å². The number of amides is 1. The number of carbonyl (C=O) groups excluding carboxylic acids is 1. The van der Waals surface area contributed by atoms with Crippen LogP contribution in [-0.2, 0) is 6.54 Å². The van der Waals surface area contributed by atoms with Crippen molar-refractivity contribution in [1.82, 2.24) is 9.88 Å². The Morgan fingerprint density at radius 2 is 1.94 bits per heavy atom. The second kappa shape index (κ2) is 5.40. The molecule has 0 radical (unpaired) electrons. The quantitative estimate of drug-likeness (QED) is 0.831. The van der Waals surface area contributed by atoms with Crippen molar-refractivity contribution < 1.29 is 9.18 Å². The van der Waals surface area contributed by atoms with Gasteiger partial charge in [-0.05, 0) is 18.2 Å². The highest BCUT2D eigenvalue weighted by atomic mass is 19.1. The monoisotopic (exact) mass is 244 g/mol. The number of nitrogens with zero attached hydrogens (tertiary/aromatic N) is 2. The molecule has 0 aliphatic rings. The van der Waals surface area contributed by atoms with Gasteiger partial charge in [-0.15, -0.1) is 0 Å². The van der Waals surface area contributed by atoms with Gasteiger partial charge in [0.2, 0.25) is 0 Å². The average molecular weight is 244 g/mol. The lowest BCUT2D eigenvalue weighted by Crippen LogP contribution is -2.27. The molecule has 2 rings (SSSR count). The van der Waals surface area contributed by atoms with Gasteiger partial charge in [0.1, 0.15) is 11.5 Å². The summed E-state index contributed by atoms with van der Waals surface area (Å²) in [6, 6.07) is 11.5. The van der Waals surface area contributed by atoms with E-state index in [1.807, 2.05) is 0 Å². The van der Waals surface area contributed by atoms with Crippen molar-refractivity contribution >= 4 is 5.91 Å². The van der Waals surface area contributed by atoms with E-state index in [0.29, 0.717) is 11.3 Å². The van der Waals surface area contributed by atoms with Crippen LogP contribution in [0.1, 0.15) is 16.1 Å². The van der Waals surface area contributed by atoms with Gasteiger partial charge in [-0.1, -0.05) is 24.3 Å². The van der Waals surface area contributed by atoms with Gasteiger partial charge in [0.15, 0.2) is 0 Å². The first kappa shape index (κ1) is 12.2. The molecule has 0 unspecified atom stereocenters. The summed E-state index contributed by atoms with van der Waals surface area (Å²) in [6.07, 6.45) is 1.56. The summed E-state index contributed by atoms with van der Waals surface area (Å²) in [6.45, 7) is 0.224. The summed E-state index contributed by atoms with van der Waals surface area (Å²) >= 11 is 0. The van der Waals surface area contributed by atoms with Crippen LogP contribution in [0.25, 0.3) is 0 Å². The first-order valence-corrected chi connectivity index (χ1v) is 5.58. The van der Waals surface area contributed by atoms with Crippen molar-refractivity contribution in [2.75, 3.05) is 7.05 Å². The average Bonchev–Trinajstić information content (AvgIpc) is 2.41. The molecule has 2 aromatic rings. The summed E-state index contributed by atoms with van der Waals surface area (Å²) in [5, 5.41) is 0. The minimum absolute atomic E-state index is 0.223. The van der Waals surface area contributed by atoms with Crippen LogP contribution < -0.4 is 0 Å². The van der Waals surface area contributed by atoms with E-state index in [4.69, 9.17) is 0 Å². The normalized spacial score (nSPS) is 10.1. The first-order chi connectivity index (χ1) is 8.68. The standard InChI is InChI=1S/C14H13FN2O/c1-17(10-11-6-2-3-7-12(11)15)14(18)13-8-4-5-9-16-13/h2-9H,10H2,1H3. The summed E-state index contributed by atoms with van der Waals surface area (Å²) in [5.41, 5.74) is 0.848. The molecule has 0 atom stereocenters. The molecule has 0 spiro atoms. The van der Waals surface area contributed by atoms with E-state index in [9.17, 15) is 9.18 Å². The minimum Gasteiger partial charge on any atom is -0.336 e. The summed E-state index contributed by atoms with van der Waals surface area (Å²) in [4.78, 5) is 17.4. The van der Waals surface area contributed by atoms with Crippen LogP contribution in [0, 0.1) is 5.82 Å². The van der Waals surface area contributed by atoms with E-state index >= 15 is 0 Å². The lowest BCUT2D eigenvalue weighted by atomic mass is 10.2. The van der Waals surface area contributed by atoms with Crippen LogP contribution >= 0.6 is 0 Å². The molecule has 1 aromatic heterocycles. The van der Waals surface area contributed by atoms with Crippen molar-refractivity contribution in [3.05, 3.63) is 65.7 Å². The van der Waals surface area contributed by atoms with Crippen LogP contribution in [-0.4, -0.2) is 22.8 Å². The highest BCUT2D eigenvalue weighted by molar-refractivity contribution is 5.91.